The second kappa shape index (κ2) is 8.67. The van der Waals surface area contributed by atoms with Crippen LogP contribution in [0.5, 0.6) is 0 Å². The first-order valence-electron chi connectivity index (χ1n) is 6.35. The molecule has 3 N–H and O–H groups in total. The van der Waals surface area contributed by atoms with Gasteiger partial charge in [-0.05, 0) is 18.1 Å². The highest BCUT2D eigenvalue weighted by atomic mass is 16.3. The Hall–Kier alpha value is -2.39. The Kier molecular flexibility index (Phi) is 6.79. The predicted molar refractivity (Wildman–Crippen MR) is 74.1 cm³/mol. The lowest BCUT2D eigenvalue weighted by Crippen LogP contribution is -2.30. The fraction of sp³-hybridized carbons (Fsp3) is 0.357. The maximum Gasteiger partial charge on any atom is 0.263 e. The lowest BCUT2D eigenvalue weighted by atomic mass is 10.2. The Bertz CT molecular complexity index is 490. The molecule has 1 rings (SSSR count). The standard InChI is InChI=1S/C14H18N4O2/c1-2-13(10-19)17-9-12(6-15)14(20)18-8-11-4-3-5-16-7-11/h3-5,7,9,13,17,19H,2,8,10H2,1H3,(H,18,20)/b12-9-. The number of rotatable bonds is 7. The number of aliphatic hydroxyl groups excluding tert-OH is 1. The molecule has 0 saturated heterocycles. The molecule has 106 valence electrons. The van der Waals surface area contributed by atoms with Crippen LogP contribution in [0.2, 0.25) is 0 Å². The van der Waals surface area contributed by atoms with E-state index in [9.17, 15) is 4.79 Å². The Morgan fingerprint density at radius 1 is 1.65 bits per heavy atom. The third-order valence-electron chi connectivity index (χ3n) is 2.72. The molecular weight excluding hydrogens is 256 g/mol. The minimum Gasteiger partial charge on any atom is -0.394 e. The Morgan fingerprint density at radius 3 is 3.00 bits per heavy atom. The van der Waals surface area contributed by atoms with Crippen molar-refractivity contribution in [1.82, 2.24) is 15.6 Å². The summed E-state index contributed by atoms with van der Waals surface area (Å²) in [4.78, 5) is 15.8. The molecule has 0 bridgehead atoms. The number of hydrogen-bond donors (Lipinski definition) is 3. The molecule has 1 unspecified atom stereocenters. The molecule has 0 fully saturated rings. The van der Waals surface area contributed by atoms with E-state index in [1.54, 1.807) is 18.5 Å². The van der Waals surface area contributed by atoms with Gasteiger partial charge in [0.15, 0.2) is 0 Å². The van der Waals surface area contributed by atoms with Crippen LogP contribution in [0.3, 0.4) is 0 Å². The van der Waals surface area contributed by atoms with E-state index in [2.05, 4.69) is 15.6 Å². The quantitative estimate of drug-likeness (QED) is 0.496. The number of carbonyl (C=O) groups excluding carboxylic acids is 1. The third kappa shape index (κ3) is 5.08. The van der Waals surface area contributed by atoms with Crippen molar-refractivity contribution in [2.24, 2.45) is 0 Å². The number of nitrogens with one attached hydrogen (secondary N) is 2. The summed E-state index contributed by atoms with van der Waals surface area (Å²) >= 11 is 0. The normalized spacial score (nSPS) is 12.3. The number of pyridine rings is 1. The summed E-state index contributed by atoms with van der Waals surface area (Å²) in [6.07, 6.45) is 5.33. The second-order valence-electron chi connectivity index (χ2n) is 4.17. The molecule has 0 aliphatic carbocycles. The van der Waals surface area contributed by atoms with Crippen molar-refractivity contribution in [1.29, 1.82) is 5.26 Å². The van der Waals surface area contributed by atoms with E-state index in [4.69, 9.17) is 10.4 Å². The van der Waals surface area contributed by atoms with Crippen LogP contribution in [-0.4, -0.2) is 28.6 Å². The van der Waals surface area contributed by atoms with Crippen molar-refractivity contribution in [2.45, 2.75) is 25.9 Å². The number of hydrogen-bond acceptors (Lipinski definition) is 5. The molecular formula is C14H18N4O2. The van der Waals surface area contributed by atoms with E-state index in [1.165, 1.54) is 6.20 Å². The van der Waals surface area contributed by atoms with Gasteiger partial charge in [-0.1, -0.05) is 13.0 Å². The van der Waals surface area contributed by atoms with Crippen molar-refractivity contribution in [2.75, 3.05) is 6.61 Å². The molecule has 0 aliphatic rings. The van der Waals surface area contributed by atoms with Crippen molar-refractivity contribution < 1.29 is 9.90 Å². The third-order valence-corrected chi connectivity index (χ3v) is 2.72. The van der Waals surface area contributed by atoms with E-state index in [0.717, 1.165) is 5.56 Å². The van der Waals surface area contributed by atoms with Crippen LogP contribution < -0.4 is 10.6 Å². The first kappa shape index (κ1) is 15.7. The number of amides is 1. The molecule has 0 aromatic carbocycles. The van der Waals surface area contributed by atoms with Gasteiger partial charge < -0.3 is 15.7 Å². The highest BCUT2D eigenvalue weighted by molar-refractivity contribution is 5.97. The Labute approximate surface area is 118 Å². The Balaban J connectivity index is 2.55. The molecule has 1 aromatic rings. The number of nitriles is 1. The summed E-state index contributed by atoms with van der Waals surface area (Å²) in [5, 5.41) is 23.5. The van der Waals surface area contributed by atoms with Gasteiger partial charge in [0, 0.05) is 31.2 Å². The van der Waals surface area contributed by atoms with Crippen molar-refractivity contribution in [3.05, 3.63) is 41.9 Å². The summed E-state index contributed by atoms with van der Waals surface area (Å²) in [5.74, 6) is -0.461. The van der Waals surface area contributed by atoms with Gasteiger partial charge in [0.25, 0.3) is 5.91 Å². The highest BCUT2D eigenvalue weighted by Gasteiger charge is 2.09. The fourth-order valence-corrected chi connectivity index (χ4v) is 1.43. The van der Waals surface area contributed by atoms with E-state index >= 15 is 0 Å². The van der Waals surface area contributed by atoms with Crippen molar-refractivity contribution >= 4 is 5.91 Å². The van der Waals surface area contributed by atoms with Crippen LogP contribution in [0.25, 0.3) is 0 Å². The molecule has 1 amide bonds. The van der Waals surface area contributed by atoms with Gasteiger partial charge in [-0.2, -0.15) is 5.26 Å². The zero-order valence-electron chi connectivity index (χ0n) is 11.3. The molecule has 1 aromatic heterocycles. The zero-order valence-corrected chi connectivity index (χ0v) is 11.3. The average Bonchev–Trinajstić information content (AvgIpc) is 2.50. The van der Waals surface area contributed by atoms with Gasteiger partial charge in [0.1, 0.15) is 11.6 Å². The lowest BCUT2D eigenvalue weighted by molar-refractivity contribution is -0.117. The van der Waals surface area contributed by atoms with Gasteiger partial charge in [-0.15, -0.1) is 0 Å². The minimum absolute atomic E-state index is 0.0270. The maximum atomic E-state index is 11.8. The molecule has 6 nitrogen and oxygen atoms in total. The van der Waals surface area contributed by atoms with E-state index in [1.807, 2.05) is 19.1 Å². The summed E-state index contributed by atoms with van der Waals surface area (Å²) in [6.45, 7) is 2.15. The van der Waals surface area contributed by atoms with Gasteiger partial charge >= 0.3 is 0 Å². The van der Waals surface area contributed by atoms with E-state index < -0.39 is 5.91 Å². The minimum atomic E-state index is -0.461. The van der Waals surface area contributed by atoms with Gasteiger partial charge in [-0.3, -0.25) is 9.78 Å². The van der Waals surface area contributed by atoms with Crippen LogP contribution >= 0.6 is 0 Å². The first-order valence-corrected chi connectivity index (χ1v) is 6.35. The molecule has 1 atom stereocenters. The van der Waals surface area contributed by atoms with Crippen molar-refractivity contribution in [3.63, 3.8) is 0 Å². The topological polar surface area (TPSA) is 98.0 Å². The molecule has 20 heavy (non-hydrogen) atoms. The van der Waals surface area contributed by atoms with Crippen LogP contribution in [0.4, 0.5) is 0 Å². The predicted octanol–water partition coefficient (Wildman–Crippen LogP) is 0.466. The first-order chi connectivity index (χ1) is 9.71. The second-order valence-corrected chi connectivity index (χ2v) is 4.17. The number of aliphatic hydroxyl groups is 1. The maximum absolute atomic E-state index is 11.8. The average molecular weight is 274 g/mol. The Morgan fingerprint density at radius 2 is 2.45 bits per heavy atom. The van der Waals surface area contributed by atoms with Crippen LogP contribution in [0.15, 0.2) is 36.3 Å². The number of nitrogens with zero attached hydrogens (tertiary/aromatic N) is 2. The lowest BCUT2D eigenvalue weighted by Gasteiger charge is -2.11. The van der Waals surface area contributed by atoms with Gasteiger partial charge in [0.2, 0.25) is 0 Å². The highest BCUT2D eigenvalue weighted by Crippen LogP contribution is 1.98. The molecule has 1 heterocycles. The molecule has 6 heteroatoms. The summed E-state index contributed by atoms with van der Waals surface area (Å²) < 4.78 is 0. The van der Waals surface area contributed by atoms with Gasteiger partial charge in [-0.25, -0.2) is 0 Å². The van der Waals surface area contributed by atoms with Crippen molar-refractivity contribution in [3.8, 4) is 6.07 Å². The summed E-state index contributed by atoms with van der Waals surface area (Å²) in [5.41, 5.74) is 0.827. The molecule has 0 spiro atoms. The smallest absolute Gasteiger partial charge is 0.263 e. The van der Waals surface area contributed by atoms with E-state index in [-0.39, 0.29) is 18.2 Å². The van der Waals surface area contributed by atoms with E-state index in [0.29, 0.717) is 13.0 Å². The molecule has 0 saturated carbocycles. The summed E-state index contributed by atoms with van der Waals surface area (Å²) in [6, 6.07) is 5.28. The largest absolute Gasteiger partial charge is 0.394 e. The number of carbonyl (C=O) groups is 1. The van der Waals surface area contributed by atoms with Crippen LogP contribution in [-0.2, 0) is 11.3 Å². The van der Waals surface area contributed by atoms with Crippen LogP contribution in [0.1, 0.15) is 18.9 Å². The SMILES string of the molecule is CCC(CO)N/C=C(/C#N)C(=O)NCc1cccnc1. The fourth-order valence-electron chi connectivity index (χ4n) is 1.43. The number of aromatic nitrogens is 1. The summed E-state index contributed by atoms with van der Waals surface area (Å²) in [7, 11) is 0. The molecule has 0 aliphatic heterocycles. The van der Waals surface area contributed by atoms with Gasteiger partial charge in [0.05, 0.1) is 6.61 Å². The monoisotopic (exact) mass is 274 g/mol. The zero-order chi connectivity index (χ0) is 14.8. The molecule has 0 radical (unpaired) electrons. The van der Waals surface area contributed by atoms with Crippen LogP contribution in [0, 0.1) is 11.3 Å².